The van der Waals surface area contributed by atoms with Crippen molar-refractivity contribution in [2.75, 3.05) is 29.9 Å². The maximum atomic E-state index is 13.2. The van der Waals surface area contributed by atoms with Gasteiger partial charge in [0.1, 0.15) is 17.6 Å². The fourth-order valence-electron chi connectivity index (χ4n) is 4.79. The molecule has 9 nitrogen and oxygen atoms in total. The molecule has 210 valence electrons. The average molecular weight is 554 g/mol. The summed E-state index contributed by atoms with van der Waals surface area (Å²) in [5.41, 5.74) is 13.3. The van der Waals surface area contributed by atoms with E-state index in [1.165, 1.54) is 31.0 Å². The molecular weight excluding hydrogens is 523 g/mol. The van der Waals surface area contributed by atoms with Gasteiger partial charge in [-0.2, -0.15) is 13.2 Å². The Kier molecular flexibility index (Phi) is 7.37. The lowest BCUT2D eigenvalue weighted by molar-refractivity contribution is -0.137. The van der Waals surface area contributed by atoms with Gasteiger partial charge in [0.05, 0.1) is 5.56 Å². The van der Waals surface area contributed by atoms with E-state index in [4.69, 9.17) is 11.5 Å². The third-order valence-electron chi connectivity index (χ3n) is 7.15. The number of anilines is 3. The van der Waals surface area contributed by atoms with Crippen LogP contribution in [-0.4, -0.2) is 52.4 Å². The van der Waals surface area contributed by atoms with Gasteiger partial charge in [0.25, 0.3) is 5.91 Å². The molecule has 1 aromatic heterocycles. The zero-order valence-electron chi connectivity index (χ0n) is 21.9. The van der Waals surface area contributed by atoms with Gasteiger partial charge in [0, 0.05) is 49.2 Å². The molecule has 0 spiro atoms. The number of carbonyl (C=O) groups is 2. The van der Waals surface area contributed by atoms with E-state index in [1.807, 2.05) is 17.0 Å². The van der Waals surface area contributed by atoms with E-state index in [0.29, 0.717) is 30.3 Å². The van der Waals surface area contributed by atoms with Gasteiger partial charge in [0.2, 0.25) is 5.91 Å². The lowest BCUT2D eigenvalue weighted by atomic mass is 10.1. The normalized spacial score (nSPS) is 16.6. The smallest absolute Gasteiger partial charge is 0.368 e. The Morgan fingerprint density at radius 3 is 2.40 bits per heavy atom. The van der Waals surface area contributed by atoms with Crippen molar-refractivity contribution >= 4 is 29.0 Å². The van der Waals surface area contributed by atoms with Crippen LogP contribution in [0.15, 0.2) is 48.5 Å². The number of amides is 2. The molecule has 2 aromatic carbocycles. The number of alkyl halides is 3. The number of hydrogen-bond acceptors (Lipinski definition) is 7. The molecule has 2 aliphatic rings. The molecule has 1 aliphatic heterocycles. The standard InChI is InChI=1S/C28H30F3N7O2/c1-16(25(32)39)34-24-13-22(26(33)40)35-27(36-24)18-4-9-23-19(12-18)15-37(14-17-2-3-17)10-11-38(23)21-7-5-20(6-8-21)28(29,30)31/h4-9,12-13,16-17H,2-3,10-11,14-15H2,1H3,(H2,32,39)(H2,33,40)(H,34,35,36). The summed E-state index contributed by atoms with van der Waals surface area (Å²) in [4.78, 5) is 36.8. The first-order valence-electron chi connectivity index (χ1n) is 13.0. The summed E-state index contributed by atoms with van der Waals surface area (Å²) < 4.78 is 39.5. The van der Waals surface area contributed by atoms with Crippen LogP contribution in [0.5, 0.6) is 0 Å². The maximum Gasteiger partial charge on any atom is 0.416 e. The van der Waals surface area contributed by atoms with Crippen LogP contribution in [0.2, 0.25) is 0 Å². The Labute approximate surface area is 229 Å². The largest absolute Gasteiger partial charge is 0.416 e. The number of carbonyl (C=O) groups excluding carboxylic acids is 2. The molecule has 1 atom stereocenters. The Morgan fingerprint density at radius 1 is 1.05 bits per heavy atom. The summed E-state index contributed by atoms with van der Waals surface area (Å²) >= 11 is 0. The molecule has 1 unspecified atom stereocenters. The van der Waals surface area contributed by atoms with Crippen molar-refractivity contribution in [1.82, 2.24) is 14.9 Å². The lowest BCUT2D eigenvalue weighted by Gasteiger charge is -2.26. The highest BCUT2D eigenvalue weighted by Crippen LogP contribution is 2.38. The number of primary amides is 2. The highest BCUT2D eigenvalue weighted by atomic mass is 19.4. The monoisotopic (exact) mass is 553 g/mol. The number of hydrogen-bond donors (Lipinski definition) is 3. The fraction of sp³-hybridized carbons (Fsp3) is 0.357. The summed E-state index contributed by atoms with van der Waals surface area (Å²) in [7, 11) is 0. The van der Waals surface area contributed by atoms with Crippen LogP contribution in [0.25, 0.3) is 11.4 Å². The predicted molar refractivity (Wildman–Crippen MR) is 145 cm³/mol. The third-order valence-corrected chi connectivity index (χ3v) is 7.15. The van der Waals surface area contributed by atoms with Gasteiger partial charge in [-0.15, -0.1) is 0 Å². The van der Waals surface area contributed by atoms with Crippen LogP contribution >= 0.6 is 0 Å². The molecular formula is C28H30F3N7O2. The van der Waals surface area contributed by atoms with Crippen LogP contribution in [0.3, 0.4) is 0 Å². The average Bonchev–Trinajstić information content (AvgIpc) is 3.74. The predicted octanol–water partition coefficient (Wildman–Crippen LogP) is 3.91. The van der Waals surface area contributed by atoms with Crippen molar-refractivity contribution < 1.29 is 22.8 Å². The molecule has 12 heteroatoms. The minimum absolute atomic E-state index is 0.0270. The summed E-state index contributed by atoms with van der Waals surface area (Å²) in [6.45, 7) is 4.50. The lowest BCUT2D eigenvalue weighted by Crippen LogP contribution is -2.33. The minimum Gasteiger partial charge on any atom is -0.368 e. The van der Waals surface area contributed by atoms with E-state index in [9.17, 15) is 22.8 Å². The summed E-state index contributed by atoms with van der Waals surface area (Å²) in [6, 6.07) is 11.4. The summed E-state index contributed by atoms with van der Waals surface area (Å²) in [5, 5.41) is 2.87. The van der Waals surface area contributed by atoms with E-state index in [-0.39, 0.29) is 17.3 Å². The van der Waals surface area contributed by atoms with E-state index in [2.05, 4.69) is 20.2 Å². The Balaban J connectivity index is 1.53. The molecule has 3 aromatic rings. The van der Waals surface area contributed by atoms with E-state index in [1.54, 1.807) is 13.0 Å². The van der Waals surface area contributed by atoms with Gasteiger partial charge in [-0.05, 0) is 73.7 Å². The molecule has 1 aliphatic carbocycles. The second-order valence-electron chi connectivity index (χ2n) is 10.3. The molecule has 0 saturated heterocycles. The first-order chi connectivity index (χ1) is 19.0. The Bertz CT molecular complexity index is 1420. The van der Waals surface area contributed by atoms with Crippen molar-refractivity contribution in [3.05, 3.63) is 65.4 Å². The van der Waals surface area contributed by atoms with E-state index in [0.717, 1.165) is 36.5 Å². The number of rotatable bonds is 8. The molecule has 0 radical (unpaired) electrons. The minimum atomic E-state index is -4.41. The Morgan fingerprint density at radius 2 is 1.77 bits per heavy atom. The number of halogens is 3. The van der Waals surface area contributed by atoms with E-state index >= 15 is 0 Å². The van der Waals surface area contributed by atoms with Crippen molar-refractivity contribution in [1.29, 1.82) is 0 Å². The molecule has 1 fully saturated rings. The molecule has 1 saturated carbocycles. The van der Waals surface area contributed by atoms with Crippen LogP contribution in [0.4, 0.5) is 30.4 Å². The second-order valence-corrected chi connectivity index (χ2v) is 10.3. The van der Waals surface area contributed by atoms with Crippen molar-refractivity contribution in [3.63, 3.8) is 0 Å². The molecule has 2 heterocycles. The molecule has 0 bridgehead atoms. The SMILES string of the molecule is CC(Nc1cc(C(N)=O)nc(-c2ccc3c(c2)CN(CC2CC2)CCN3c2ccc(C(F)(F)F)cc2)n1)C(N)=O. The first-order valence-corrected chi connectivity index (χ1v) is 13.0. The van der Waals surface area contributed by atoms with Gasteiger partial charge in [-0.3, -0.25) is 14.5 Å². The number of aromatic nitrogens is 2. The second kappa shape index (κ2) is 10.8. The highest BCUT2D eigenvalue weighted by Gasteiger charge is 2.31. The van der Waals surface area contributed by atoms with Crippen molar-refractivity contribution in [3.8, 4) is 11.4 Å². The van der Waals surface area contributed by atoms with Gasteiger partial charge < -0.3 is 21.7 Å². The number of nitrogens with two attached hydrogens (primary N) is 2. The number of nitrogens with zero attached hydrogens (tertiary/aromatic N) is 4. The van der Waals surface area contributed by atoms with Gasteiger partial charge in [0.15, 0.2) is 5.82 Å². The third kappa shape index (κ3) is 6.17. The van der Waals surface area contributed by atoms with Crippen LogP contribution in [-0.2, 0) is 17.5 Å². The van der Waals surface area contributed by atoms with Gasteiger partial charge >= 0.3 is 6.18 Å². The zero-order valence-corrected chi connectivity index (χ0v) is 21.9. The van der Waals surface area contributed by atoms with Crippen molar-refractivity contribution in [2.45, 2.75) is 38.5 Å². The number of nitrogens with one attached hydrogen (secondary N) is 1. The molecule has 5 rings (SSSR count). The maximum absolute atomic E-state index is 13.2. The quantitative estimate of drug-likeness (QED) is 0.386. The van der Waals surface area contributed by atoms with Crippen LogP contribution in [0.1, 0.15) is 41.4 Å². The van der Waals surface area contributed by atoms with Crippen LogP contribution in [0, 0.1) is 5.92 Å². The van der Waals surface area contributed by atoms with E-state index < -0.39 is 29.6 Å². The summed E-state index contributed by atoms with van der Waals surface area (Å²) in [6.07, 6.45) is -2.02. The molecule has 5 N–H and O–H groups in total. The van der Waals surface area contributed by atoms with Crippen molar-refractivity contribution in [2.24, 2.45) is 17.4 Å². The number of fused-ring (bicyclic) bond motifs is 1. The topological polar surface area (TPSA) is 130 Å². The molecule has 40 heavy (non-hydrogen) atoms. The number of benzene rings is 2. The first kappa shape index (κ1) is 27.4. The fourth-order valence-corrected chi connectivity index (χ4v) is 4.79. The van der Waals surface area contributed by atoms with Gasteiger partial charge in [-0.1, -0.05) is 0 Å². The highest BCUT2D eigenvalue weighted by molar-refractivity contribution is 5.92. The van der Waals surface area contributed by atoms with Crippen LogP contribution < -0.4 is 21.7 Å². The molecule has 2 amide bonds. The van der Waals surface area contributed by atoms with Gasteiger partial charge in [-0.25, -0.2) is 9.97 Å². The Hall–Kier alpha value is -4.19. The summed E-state index contributed by atoms with van der Waals surface area (Å²) in [5.74, 6) is -0.234. The zero-order chi connectivity index (χ0) is 28.6.